The van der Waals surface area contributed by atoms with Crippen molar-refractivity contribution in [2.24, 2.45) is 0 Å². The van der Waals surface area contributed by atoms with Crippen molar-refractivity contribution < 1.29 is 9.53 Å². The summed E-state index contributed by atoms with van der Waals surface area (Å²) >= 11 is 0. The molecule has 2 aromatic carbocycles. The van der Waals surface area contributed by atoms with Gasteiger partial charge in [0.25, 0.3) is 0 Å². The van der Waals surface area contributed by atoms with Crippen LogP contribution < -0.4 is 10.1 Å². The molecule has 1 heterocycles. The van der Waals surface area contributed by atoms with Crippen molar-refractivity contribution in [3.05, 3.63) is 59.7 Å². The lowest BCUT2D eigenvalue weighted by molar-refractivity contribution is -0.116. The van der Waals surface area contributed by atoms with Crippen LogP contribution in [0.25, 0.3) is 0 Å². The molecule has 0 bridgehead atoms. The Hall–Kier alpha value is -2.84. The molecular weight excluding hydrogens is 362 g/mol. The first-order valence-electron chi connectivity index (χ1n) is 10.5. The summed E-state index contributed by atoms with van der Waals surface area (Å²) in [5.74, 6) is 0.727. The number of amides is 1. The van der Waals surface area contributed by atoms with E-state index < -0.39 is 0 Å². The second-order valence-electron chi connectivity index (χ2n) is 7.53. The van der Waals surface area contributed by atoms with Gasteiger partial charge in [0.1, 0.15) is 5.75 Å². The predicted molar refractivity (Wildman–Crippen MR) is 115 cm³/mol. The second kappa shape index (κ2) is 11.2. The molecule has 0 aliphatic carbocycles. The van der Waals surface area contributed by atoms with E-state index in [9.17, 15) is 4.79 Å². The van der Waals surface area contributed by atoms with Crippen molar-refractivity contribution in [3.8, 4) is 11.8 Å². The lowest BCUT2D eigenvalue weighted by Crippen LogP contribution is -2.29. The van der Waals surface area contributed by atoms with Crippen molar-refractivity contribution in [1.82, 2.24) is 4.90 Å². The Morgan fingerprint density at radius 1 is 1.07 bits per heavy atom. The van der Waals surface area contributed by atoms with Crippen LogP contribution in [0.4, 0.5) is 5.69 Å². The van der Waals surface area contributed by atoms with Crippen LogP contribution in [-0.4, -0.2) is 30.5 Å². The largest absolute Gasteiger partial charge is 0.494 e. The highest BCUT2D eigenvalue weighted by molar-refractivity contribution is 5.90. The fourth-order valence-electron chi connectivity index (χ4n) is 3.58. The smallest absolute Gasteiger partial charge is 0.224 e. The lowest BCUT2D eigenvalue weighted by atomic mass is 10.1. The van der Waals surface area contributed by atoms with Gasteiger partial charge in [0.05, 0.1) is 18.2 Å². The monoisotopic (exact) mass is 391 g/mol. The average Bonchev–Trinajstić information content (AvgIpc) is 2.74. The molecular formula is C24H29N3O2. The van der Waals surface area contributed by atoms with Gasteiger partial charge in [-0.05, 0) is 74.7 Å². The molecule has 1 aliphatic heterocycles. The maximum Gasteiger partial charge on any atom is 0.224 e. The molecule has 1 amide bonds. The van der Waals surface area contributed by atoms with E-state index >= 15 is 0 Å². The summed E-state index contributed by atoms with van der Waals surface area (Å²) in [5, 5.41) is 11.9. The number of nitrogens with one attached hydrogen (secondary N) is 1. The maximum absolute atomic E-state index is 12.2. The van der Waals surface area contributed by atoms with Crippen LogP contribution in [-0.2, 0) is 11.3 Å². The summed E-state index contributed by atoms with van der Waals surface area (Å²) in [7, 11) is 0. The SMILES string of the molecule is N#Cc1cccc(OCCCCC(=O)Nc2cccc(CN3CCCCC3)c2)c1. The van der Waals surface area contributed by atoms with E-state index in [1.54, 1.807) is 18.2 Å². The van der Waals surface area contributed by atoms with Gasteiger partial charge in [0.2, 0.25) is 5.91 Å². The van der Waals surface area contributed by atoms with E-state index in [0.29, 0.717) is 24.3 Å². The number of likely N-dealkylation sites (tertiary alicyclic amines) is 1. The van der Waals surface area contributed by atoms with Crippen LogP contribution in [0.1, 0.15) is 49.7 Å². The molecule has 0 radical (unpaired) electrons. The number of carbonyl (C=O) groups is 1. The lowest BCUT2D eigenvalue weighted by Gasteiger charge is -2.26. The average molecular weight is 392 g/mol. The van der Waals surface area contributed by atoms with Crippen molar-refractivity contribution in [2.75, 3.05) is 25.0 Å². The number of carbonyl (C=O) groups excluding carboxylic acids is 1. The van der Waals surface area contributed by atoms with Gasteiger partial charge in [-0.15, -0.1) is 0 Å². The van der Waals surface area contributed by atoms with Gasteiger partial charge in [-0.25, -0.2) is 0 Å². The molecule has 1 aliphatic rings. The van der Waals surface area contributed by atoms with Crippen molar-refractivity contribution in [3.63, 3.8) is 0 Å². The summed E-state index contributed by atoms with van der Waals surface area (Å²) in [5.41, 5.74) is 2.70. The molecule has 1 saturated heterocycles. The number of hydrogen-bond donors (Lipinski definition) is 1. The first kappa shape index (κ1) is 20.9. The number of rotatable bonds is 9. The molecule has 1 N–H and O–H groups in total. The van der Waals surface area contributed by atoms with Gasteiger partial charge in [-0.3, -0.25) is 9.69 Å². The Morgan fingerprint density at radius 3 is 2.72 bits per heavy atom. The number of unbranched alkanes of at least 4 members (excludes halogenated alkanes) is 1. The predicted octanol–water partition coefficient (Wildman–Crippen LogP) is 4.73. The quantitative estimate of drug-likeness (QED) is 0.628. The van der Waals surface area contributed by atoms with Crippen LogP contribution in [0.15, 0.2) is 48.5 Å². The minimum Gasteiger partial charge on any atom is -0.494 e. The third-order valence-corrected chi connectivity index (χ3v) is 5.10. The van der Waals surface area contributed by atoms with Crippen LogP contribution >= 0.6 is 0 Å². The first-order valence-corrected chi connectivity index (χ1v) is 10.5. The van der Waals surface area contributed by atoms with Gasteiger partial charge >= 0.3 is 0 Å². The summed E-state index contributed by atoms with van der Waals surface area (Å²) in [6.07, 6.45) is 5.92. The number of piperidine rings is 1. The van der Waals surface area contributed by atoms with Crippen LogP contribution in [0, 0.1) is 11.3 Å². The van der Waals surface area contributed by atoms with Crippen molar-refractivity contribution >= 4 is 11.6 Å². The Kier molecular flexibility index (Phi) is 8.09. The highest BCUT2D eigenvalue weighted by atomic mass is 16.5. The van der Waals surface area contributed by atoms with E-state index in [0.717, 1.165) is 25.1 Å². The van der Waals surface area contributed by atoms with Gasteiger partial charge < -0.3 is 10.1 Å². The number of nitriles is 1. The maximum atomic E-state index is 12.2. The van der Waals surface area contributed by atoms with E-state index in [2.05, 4.69) is 28.4 Å². The van der Waals surface area contributed by atoms with E-state index in [-0.39, 0.29) is 5.91 Å². The van der Waals surface area contributed by atoms with Crippen molar-refractivity contribution in [2.45, 2.75) is 45.1 Å². The Labute approximate surface area is 173 Å². The highest BCUT2D eigenvalue weighted by Gasteiger charge is 2.11. The summed E-state index contributed by atoms with van der Waals surface area (Å²) in [4.78, 5) is 14.7. The number of anilines is 1. The first-order chi connectivity index (χ1) is 14.2. The molecule has 1 fully saturated rings. The molecule has 0 spiro atoms. The zero-order valence-corrected chi connectivity index (χ0v) is 16.9. The third kappa shape index (κ3) is 7.24. The topological polar surface area (TPSA) is 65.4 Å². The van der Waals surface area contributed by atoms with E-state index in [1.165, 1.54) is 37.9 Å². The van der Waals surface area contributed by atoms with Gasteiger partial charge in [-0.2, -0.15) is 5.26 Å². The van der Waals surface area contributed by atoms with Gasteiger partial charge in [0.15, 0.2) is 0 Å². The molecule has 0 atom stereocenters. The summed E-state index contributed by atoms with van der Waals surface area (Å²) in [6, 6.07) is 17.4. The number of ether oxygens (including phenoxy) is 1. The molecule has 2 aromatic rings. The van der Waals surface area contributed by atoms with E-state index in [4.69, 9.17) is 10.00 Å². The van der Waals surface area contributed by atoms with Crippen LogP contribution in [0.3, 0.4) is 0 Å². The zero-order chi connectivity index (χ0) is 20.3. The molecule has 0 aromatic heterocycles. The molecule has 0 unspecified atom stereocenters. The van der Waals surface area contributed by atoms with Crippen LogP contribution in [0.5, 0.6) is 5.75 Å². The van der Waals surface area contributed by atoms with Gasteiger partial charge in [-0.1, -0.05) is 24.6 Å². The summed E-state index contributed by atoms with van der Waals surface area (Å²) < 4.78 is 5.65. The normalized spacial score (nSPS) is 14.2. The number of hydrogen-bond acceptors (Lipinski definition) is 4. The Bertz CT molecular complexity index is 838. The third-order valence-electron chi connectivity index (χ3n) is 5.10. The fraction of sp³-hybridized carbons (Fsp3) is 0.417. The van der Waals surface area contributed by atoms with Crippen molar-refractivity contribution in [1.29, 1.82) is 5.26 Å². The molecule has 5 heteroatoms. The number of nitrogens with zero attached hydrogens (tertiary/aromatic N) is 2. The zero-order valence-electron chi connectivity index (χ0n) is 16.9. The highest BCUT2D eigenvalue weighted by Crippen LogP contribution is 2.17. The second-order valence-corrected chi connectivity index (χ2v) is 7.53. The minimum absolute atomic E-state index is 0.0339. The molecule has 152 valence electrons. The molecule has 0 saturated carbocycles. The standard InChI is InChI=1S/C24H29N3O2/c25-18-20-8-7-11-23(17-20)29-15-5-2-12-24(28)26-22-10-6-9-21(16-22)19-27-13-3-1-4-14-27/h6-11,16-17H,1-5,12-15,19H2,(H,26,28). The summed E-state index contributed by atoms with van der Waals surface area (Å²) in [6.45, 7) is 3.82. The minimum atomic E-state index is 0.0339. The van der Waals surface area contributed by atoms with E-state index in [1.807, 2.05) is 18.2 Å². The Balaban J connectivity index is 1.36. The molecule has 29 heavy (non-hydrogen) atoms. The Morgan fingerprint density at radius 2 is 1.90 bits per heavy atom. The fourth-order valence-corrected chi connectivity index (χ4v) is 3.58. The van der Waals surface area contributed by atoms with Crippen LogP contribution in [0.2, 0.25) is 0 Å². The molecule has 3 rings (SSSR count). The van der Waals surface area contributed by atoms with Gasteiger partial charge in [0, 0.05) is 18.7 Å². The molecule has 5 nitrogen and oxygen atoms in total. The number of benzene rings is 2.